The predicted octanol–water partition coefficient (Wildman–Crippen LogP) is 2.48. The van der Waals surface area contributed by atoms with Gasteiger partial charge in [0.1, 0.15) is 11.4 Å². The standard InChI is InChI=1S/C23H24N4O4/c1-15-21(23(30)27(25(15)2)17-8-5-4-6-9-17)24-22(29)16-12-20(28)26(14-16)18-10-7-11-19(13-18)31-3/h4-11,13,16H,12,14H2,1-3H3,(H,24,29). The number of para-hydroxylation sites is 1. The second kappa shape index (κ2) is 8.14. The van der Waals surface area contributed by atoms with Crippen LogP contribution in [0.4, 0.5) is 11.4 Å². The van der Waals surface area contributed by atoms with Gasteiger partial charge in [0.2, 0.25) is 11.8 Å². The van der Waals surface area contributed by atoms with Crippen LogP contribution in [-0.2, 0) is 16.6 Å². The third kappa shape index (κ3) is 3.72. The summed E-state index contributed by atoms with van der Waals surface area (Å²) in [6.45, 7) is 2.02. The van der Waals surface area contributed by atoms with E-state index in [1.807, 2.05) is 30.3 Å². The number of carbonyl (C=O) groups is 2. The van der Waals surface area contributed by atoms with E-state index in [0.29, 0.717) is 22.8 Å². The molecule has 1 unspecified atom stereocenters. The molecule has 2 aromatic carbocycles. The zero-order valence-corrected chi connectivity index (χ0v) is 17.7. The monoisotopic (exact) mass is 420 g/mol. The number of benzene rings is 2. The maximum absolute atomic E-state index is 13.0. The van der Waals surface area contributed by atoms with E-state index in [2.05, 4.69) is 5.32 Å². The fourth-order valence-electron chi connectivity index (χ4n) is 3.85. The predicted molar refractivity (Wildman–Crippen MR) is 118 cm³/mol. The average molecular weight is 420 g/mol. The smallest absolute Gasteiger partial charge is 0.295 e. The van der Waals surface area contributed by atoms with E-state index in [1.54, 1.807) is 54.9 Å². The molecule has 31 heavy (non-hydrogen) atoms. The van der Waals surface area contributed by atoms with E-state index in [-0.39, 0.29) is 36.0 Å². The number of rotatable bonds is 5. The molecule has 0 spiro atoms. The number of ether oxygens (including phenoxy) is 1. The molecule has 1 fully saturated rings. The summed E-state index contributed by atoms with van der Waals surface area (Å²) in [7, 11) is 3.33. The molecule has 3 aromatic rings. The van der Waals surface area contributed by atoms with Gasteiger partial charge >= 0.3 is 0 Å². The number of nitrogens with one attached hydrogen (secondary N) is 1. The van der Waals surface area contributed by atoms with Crippen LogP contribution in [0, 0.1) is 12.8 Å². The van der Waals surface area contributed by atoms with Crippen molar-refractivity contribution in [3.63, 3.8) is 0 Å². The van der Waals surface area contributed by atoms with Crippen LogP contribution in [0.15, 0.2) is 59.4 Å². The number of anilines is 2. The molecule has 1 aromatic heterocycles. The summed E-state index contributed by atoms with van der Waals surface area (Å²) in [5.41, 5.74) is 1.94. The molecule has 0 bridgehead atoms. The van der Waals surface area contributed by atoms with E-state index in [9.17, 15) is 14.4 Å². The van der Waals surface area contributed by atoms with Crippen LogP contribution in [0.5, 0.6) is 5.75 Å². The lowest BCUT2D eigenvalue weighted by atomic mass is 10.1. The molecule has 160 valence electrons. The van der Waals surface area contributed by atoms with Crippen LogP contribution >= 0.6 is 0 Å². The van der Waals surface area contributed by atoms with Crippen LogP contribution < -0.4 is 20.5 Å². The van der Waals surface area contributed by atoms with Crippen LogP contribution in [0.3, 0.4) is 0 Å². The van der Waals surface area contributed by atoms with Gasteiger partial charge < -0.3 is 15.0 Å². The Labute approximate surface area is 179 Å². The quantitative estimate of drug-likeness (QED) is 0.687. The largest absolute Gasteiger partial charge is 0.497 e. The Balaban J connectivity index is 1.56. The summed E-state index contributed by atoms with van der Waals surface area (Å²) in [5.74, 6) is -0.396. The maximum Gasteiger partial charge on any atom is 0.295 e. The van der Waals surface area contributed by atoms with Crippen LogP contribution in [-0.4, -0.2) is 34.8 Å². The van der Waals surface area contributed by atoms with Crippen LogP contribution in [0.25, 0.3) is 5.69 Å². The van der Waals surface area contributed by atoms with Gasteiger partial charge in [-0.2, -0.15) is 0 Å². The first-order chi connectivity index (χ1) is 14.9. The van der Waals surface area contributed by atoms with Crippen molar-refractivity contribution in [3.05, 3.63) is 70.6 Å². The fraction of sp³-hybridized carbons (Fsp3) is 0.261. The molecule has 0 radical (unpaired) electrons. The highest BCUT2D eigenvalue weighted by atomic mass is 16.5. The van der Waals surface area contributed by atoms with E-state index < -0.39 is 5.92 Å². The zero-order chi connectivity index (χ0) is 22.1. The molecular weight excluding hydrogens is 396 g/mol. The van der Waals surface area contributed by atoms with Gasteiger partial charge in [0.15, 0.2) is 0 Å². The molecule has 1 aliphatic heterocycles. The highest BCUT2D eigenvalue weighted by molar-refractivity contribution is 6.03. The van der Waals surface area contributed by atoms with Crippen molar-refractivity contribution in [2.24, 2.45) is 13.0 Å². The summed E-state index contributed by atoms with van der Waals surface area (Å²) in [6, 6.07) is 16.4. The molecule has 1 N–H and O–H groups in total. The third-order valence-electron chi connectivity index (χ3n) is 5.66. The molecule has 8 heteroatoms. The molecule has 1 saturated heterocycles. The highest BCUT2D eigenvalue weighted by Gasteiger charge is 2.36. The molecular formula is C23H24N4O4. The second-order valence-corrected chi connectivity index (χ2v) is 7.53. The first-order valence-corrected chi connectivity index (χ1v) is 10.00. The first-order valence-electron chi connectivity index (χ1n) is 10.00. The van der Waals surface area contributed by atoms with Gasteiger partial charge in [0.05, 0.1) is 24.4 Å². The highest BCUT2D eigenvalue weighted by Crippen LogP contribution is 2.28. The summed E-state index contributed by atoms with van der Waals surface area (Å²) in [4.78, 5) is 40.1. The number of nitrogens with zero attached hydrogens (tertiary/aromatic N) is 3. The van der Waals surface area contributed by atoms with Crippen LogP contribution in [0.1, 0.15) is 12.1 Å². The van der Waals surface area contributed by atoms with E-state index >= 15 is 0 Å². The fourth-order valence-corrected chi connectivity index (χ4v) is 3.85. The number of hydrogen-bond donors (Lipinski definition) is 1. The van der Waals surface area contributed by atoms with Crippen molar-refractivity contribution in [2.45, 2.75) is 13.3 Å². The average Bonchev–Trinajstić information content (AvgIpc) is 3.27. The molecule has 2 amide bonds. The van der Waals surface area contributed by atoms with E-state index in [4.69, 9.17) is 4.74 Å². The number of aromatic nitrogens is 2. The lowest BCUT2D eigenvalue weighted by molar-refractivity contribution is -0.122. The van der Waals surface area contributed by atoms with Crippen molar-refractivity contribution in [1.29, 1.82) is 0 Å². The Hall–Kier alpha value is -3.81. The Kier molecular flexibility index (Phi) is 5.37. The number of hydrogen-bond acceptors (Lipinski definition) is 4. The summed E-state index contributed by atoms with van der Waals surface area (Å²) in [5, 5.41) is 2.77. The first kappa shape index (κ1) is 20.5. The molecule has 2 heterocycles. The van der Waals surface area contributed by atoms with Crippen molar-refractivity contribution in [1.82, 2.24) is 9.36 Å². The molecule has 4 rings (SSSR count). The SMILES string of the molecule is COc1cccc(N2CC(C(=O)Nc3c(C)n(C)n(-c4ccccc4)c3=O)CC2=O)c1. The van der Waals surface area contributed by atoms with Gasteiger partial charge in [0.25, 0.3) is 5.56 Å². The lowest BCUT2D eigenvalue weighted by Crippen LogP contribution is -2.30. The lowest BCUT2D eigenvalue weighted by Gasteiger charge is -2.17. The summed E-state index contributed by atoms with van der Waals surface area (Å²) < 4.78 is 8.43. The van der Waals surface area contributed by atoms with Crippen molar-refractivity contribution in [3.8, 4) is 11.4 Å². The van der Waals surface area contributed by atoms with E-state index in [1.165, 1.54) is 4.68 Å². The van der Waals surface area contributed by atoms with Gasteiger partial charge in [-0.3, -0.25) is 19.1 Å². The minimum Gasteiger partial charge on any atom is -0.497 e. The Morgan fingerprint density at radius 2 is 1.77 bits per heavy atom. The Bertz CT molecular complexity index is 1200. The maximum atomic E-state index is 13.0. The Morgan fingerprint density at radius 3 is 2.48 bits per heavy atom. The Morgan fingerprint density at radius 1 is 1.06 bits per heavy atom. The van der Waals surface area contributed by atoms with Crippen molar-refractivity contribution >= 4 is 23.2 Å². The topological polar surface area (TPSA) is 85.6 Å². The number of amides is 2. The normalized spacial score (nSPS) is 15.9. The van der Waals surface area contributed by atoms with Gasteiger partial charge in [-0.1, -0.05) is 24.3 Å². The molecule has 0 saturated carbocycles. The minimum atomic E-state index is -0.553. The van der Waals surface area contributed by atoms with Gasteiger partial charge in [-0.05, 0) is 31.2 Å². The molecule has 1 atom stereocenters. The molecule has 1 aliphatic rings. The second-order valence-electron chi connectivity index (χ2n) is 7.53. The summed E-state index contributed by atoms with van der Waals surface area (Å²) >= 11 is 0. The van der Waals surface area contributed by atoms with Crippen LogP contribution in [0.2, 0.25) is 0 Å². The van der Waals surface area contributed by atoms with E-state index in [0.717, 1.165) is 0 Å². The zero-order valence-electron chi connectivity index (χ0n) is 17.7. The number of carbonyl (C=O) groups excluding carboxylic acids is 2. The molecule has 8 nitrogen and oxygen atoms in total. The van der Waals surface area contributed by atoms with Crippen molar-refractivity contribution in [2.75, 3.05) is 23.9 Å². The number of methoxy groups -OCH3 is 1. The minimum absolute atomic E-state index is 0.0851. The summed E-state index contributed by atoms with van der Waals surface area (Å²) in [6.07, 6.45) is 0.0851. The molecule has 0 aliphatic carbocycles. The van der Waals surface area contributed by atoms with Gasteiger partial charge in [0, 0.05) is 31.8 Å². The van der Waals surface area contributed by atoms with Gasteiger partial charge in [-0.15, -0.1) is 0 Å². The van der Waals surface area contributed by atoms with Gasteiger partial charge in [-0.25, -0.2) is 4.68 Å². The third-order valence-corrected chi connectivity index (χ3v) is 5.66. The van der Waals surface area contributed by atoms with Crippen molar-refractivity contribution < 1.29 is 14.3 Å².